The zero-order chi connectivity index (χ0) is 26.1. The summed E-state index contributed by atoms with van der Waals surface area (Å²) < 4.78 is 6.16. The number of nitrogens with one attached hydrogen (secondary N) is 3. The summed E-state index contributed by atoms with van der Waals surface area (Å²) in [4.78, 5) is 21.5. The third kappa shape index (κ3) is 4.42. The van der Waals surface area contributed by atoms with Crippen LogP contribution in [0.4, 0.5) is 17.2 Å². The lowest BCUT2D eigenvalue weighted by atomic mass is 10.1. The molecule has 0 radical (unpaired) electrons. The first-order valence-electron chi connectivity index (χ1n) is 11.9. The van der Waals surface area contributed by atoms with Crippen LogP contribution in [0.15, 0.2) is 108 Å². The van der Waals surface area contributed by atoms with Gasteiger partial charge in [0.2, 0.25) is 0 Å². The van der Waals surface area contributed by atoms with Gasteiger partial charge < -0.3 is 20.8 Å². The van der Waals surface area contributed by atoms with E-state index in [1.807, 2.05) is 60.7 Å². The Kier molecular flexibility index (Phi) is 5.74. The first-order valence-corrected chi connectivity index (χ1v) is 11.9. The third-order valence-electron chi connectivity index (χ3n) is 6.20. The van der Waals surface area contributed by atoms with Gasteiger partial charge in [-0.2, -0.15) is 0 Å². The fourth-order valence-electron chi connectivity index (χ4n) is 4.34. The van der Waals surface area contributed by atoms with Crippen LogP contribution in [0.1, 0.15) is 15.9 Å². The van der Waals surface area contributed by atoms with Gasteiger partial charge in [0.05, 0.1) is 5.69 Å². The van der Waals surface area contributed by atoms with Crippen molar-refractivity contribution >= 4 is 50.9 Å². The number of aromatic nitrogens is 2. The molecule has 8 heteroatoms. The number of amides is 1. The van der Waals surface area contributed by atoms with Gasteiger partial charge in [0.25, 0.3) is 5.91 Å². The average Bonchev–Trinajstić information content (AvgIpc) is 3.33. The number of nitrogen functional groups attached to an aromatic ring is 1. The maximum atomic E-state index is 12.6. The number of benzene rings is 4. The summed E-state index contributed by atoms with van der Waals surface area (Å²) in [7, 11) is 0. The number of fused-ring (bicyclic) bond motifs is 3. The Morgan fingerprint density at radius 3 is 2.37 bits per heavy atom. The molecule has 2 heterocycles. The van der Waals surface area contributed by atoms with Crippen LogP contribution in [-0.4, -0.2) is 21.7 Å². The molecule has 0 saturated carbocycles. The number of nitrogens with zero attached hydrogens (tertiary/aromatic N) is 2. The van der Waals surface area contributed by atoms with Gasteiger partial charge in [-0.3, -0.25) is 10.2 Å². The number of rotatable bonds is 6. The lowest BCUT2D eigenvalue weighted by Crippen LogP contribution is -2.15. The molecule has 0 saturated heterocycles. The van der Waals surface area contributed by atoms with E-state index in [1.165, 1.54) is 6.33 Å². The van der Waals surface area contributed by atoms with Crippen LogP contribution in [0.2, 0.25) is 0 Å². The minimum absolute atomic E-state index is 0.0859. The van der Waals surface area contributed by atoms with Crippen molar-refractivity contribution in [3.05, 3.63) is 115 Å². The van der Waals surface area contributed by atoms with E-state index in [9.17, 15) is 4.79 Å². The lowest BCUT2D eigenvalue weighted by molar-refractivity contribution is 0.102. The topological polar surface area (TPSA) is 130 Å². The fourth-order valence-corrected chi connectivity index (χ4v) is 4.34. The number of para-hydroxylation sites is 2. The maximum Gasteiger partial charge on any atom is 0.255 e. The third-order valence-corrected chi connectivity index (χ3v) is 6.20. The van der Waals surface area contributed by atoms with Crippen molar-refractivity contribution in [3.8, 4) is 11.3 Å². The number of nitrogens with two attached hydrogens (primary N) is 1. The van der Waals surface area contributed by atoms with Crippen molar-refractivity contribution in [1.29, 1.82) is 5.41 Å². The highest BCUT2D eigenvalue weighted by Gasteiger charge is 2.13. The van der Waals surface area contributed by atoms with E-state index in [1.54, 1.807) is 36.4 Å². The zero-order valence-corrected chi connectivity index (χ0v) is 20.1. The summed E-state index contributed by atoms with van der Waals surface area (Å²) in [6, 6.07) is 29.8. The quantitative estimate of drug-likeness (QED) is 0.157. The Morgan fingerprint density at radius 2 is 1.53 bits per heavy atom. The molecule has 1 amide bonds. The SMILES string of the molecule is N=C(N)c1cccc(C(=O)Nc2ccc(Nc3cc(-c4cccc5c4oc4ccccc45)ncn3)cc2)c1. The monoisotopic (exact) mass is 498 g/mol. The molecular weight excluding hydrogens is 476 g/mol. The largest absolute Gasteiger partial charge is 0.455 e. The summed E-state index contributed by atoms with van der Waals surface area (Å²) in [5, 5.41) is 15.8. The highest BCUT2D eigenvalue weighted by atomic mass is 16.3. The molecule has 0 atom stereocenters. The predicted molar refractivity (Wildman–Crippen MR) is 150 cm³/mol. The maximum absolute atomic E-state index is 12.6. The van der Waals surface area contributed by atoms with Crippen LogP contribution in [-0.2, 0) is 0 Å². The molecule has 0 aliphatic carbocycles. The van der Waals surface area contributed by atoms with Gasteiger partial charge in [0.1, 0.15) is 29.1 Å². The average molecular weight is 499 g/mol. The summed E-state index contributed by atoms with van der Waals surface area (Å²) >= 11 is 0. The molecule has 6 rings (SSSR count). The van der Waals surface area contributed by atoms with E-state index >= 15 is 0 Å². The Hall–Kier alpha value is -5.50. The van der Waals surface area contributed by atoms with Crippen molar-refractivity contribution in [1.82, 2.24) is 9.97 Å². The molecule has 6 aromatic rings. The second-order valence-electron chi connectivity index (χ2n) is 8.72. The Bertz CT molecular complexity index is 1820. The fraction of sp³-hybridized carbons (Fsp3) is 0. The van der Waals surface area contributed by atoms with E-state index in [2.05, 4.69) is 20.6 Å². The summed E-state index contributed by atoms with van der Waals surface area (Å²) in [5.74, 6) is 0.257. The summed E-state index contributed by atoms with van der Waals surface area (Å²) in [5.41, 5.74) is 11.1. The van der Waals surface area contributed by atoms with Crippen molar-refractivity contribution in [3.63, 3.8) is 0 Å². The van der Waals surface area contributed by atoms with Crippen LogP contribution in [0.25, 0.3) is 33.2 Å². The van der Waals surface area contributed by atoms with E-state index < -0.39 is 0 Å². The van der Waals surface area contributed by atoms with E-state index in [0.29, 0.717) is 22.6 Å². The molecule has 0 aliphatic heterocycles. The number of furan rings is 1. The molecule has 0 bridgehead atoms. The van der Waals surface area contributed by atoms with Gasteiger partial charge in [0.15, 0.2) is 0 Å². The molecule has 8 nitrogen and oxygen atoms in total. The second kappa shape index (κ2) is 9.51. The summed E-state index contributed by atoms with van der Waals surface area (Å²) in [6.07, 6.45) is 1.52. The molecular formula is C30H22N6O2. The van der Waals surface area contributed by atoms with Crippen LogP contribution in [0.5, 0.6) is 0 Å². The highest BCUT2D eigenvalue weighted by molar-refractivity contribution is 6.09. The van der Waals surface area contributed by atoms with Crippen LogP contribution < -0.4 is 16.4 Å². The van der Waals surface area contributed by atoms with Gasteiger partial charge in [0, 0.05) is 44.9 Å². The Labute approximate surface area is 217 Å². The minimum atomic E-state index is -0.283. The van der Waals surface area contributed by atoms with E-state index in [0.717, 1.165) is 38.9 Å². The molecule has 4 aromatic carbocycles. The molecule has 0 unspecified atom stereocenters. The number of hydrogen-bond donors (Lipinski definition) is 4. The minimum Gasteiger partial charge on any atom is -0.455 e. The number of carbonyl (C=O) groups excluding carboxylic acids is 1. The molecule has 0 aliphatic rings. The van der Waals surface area contributed by atoms with Crippen LogP contribution in [0, 0.1) is 5.41 Å². The Balaban J connectivity index is 1.20. The van der Waals surface area contributed by atoms with Crippen LogP contribution >= 0.6 is 0 Å². The van der Waals surface area contributed by atoms with Gasteiger partial charge in [-0.05, 0) is 48.5 Å². The molecule has 5 N–H and O–H groups in total. The van der Waals surface area contributed by atoms with Crippen molar-refractivity contribution < 1.29 is 9.21 Å². The number of amidine groups is 1. The number of carbonyl (C=O) groups is 1. The number of anilines is 3. The van der Waals surface area contributed by atoms with E-state index in [-0.39, 0.29) is 11.7 Å². The van der Waals surface area contributed by atoms with Crippen LogP contribution in [0.3, 0.4) is 0 Å². The first-order chi connectivity index (χ1) is 18.5. The molecule has 184 valence electrons. The van der Waals surface area contributed by atoms with Crippen molar-refractivity contribution in [2.75, 3.05) is 10.6 Å². The molecule has 0 fully saturated rings. The predicted octanol–water partition coefficient (Wildman–Crippen LogP) is 6.32. The summed E-state index contributed by atoms with van der Waals surface area (Å²) in [6.45, 7) is 0. The Morgan fingerprint density at radius 1 is 0.789 bits per heavy atom. The van der Waals surface area contributed by atoms with Gasteiger partial charge in [-0.15, -0.1) is 0 Å². The smallest absolute Gasteiger partial charge is 0.255 e. The number of hydrogen-bond acceptors (Lipinski definition) is 6. The van der Waals surface area contributed by atoms with Gasteiger partial charge in [-0.25, -0.2) is 9.97 Å². The van der Waals surface area contributed by atoms with E-state index in [4.69, 9.17) is 15.6 Å². The standard InChI is InChI=1S/C30H22N6O2/c31-29(32)18-5-3-6-19(15-18)30(37)36-21-13-11-20(12-14-21)35-27-16-25(33-17-34-27)24-9-4-8-23-22-7-1-2-10-26(22)38-28(23)24/h1-17H,(H3,31,32)(H,36,37)(H,33,34,35). The van der Waals surface area contributed by atoms with Crippen molar-refractivity contribution in [2.24, 2.45) is 5.73 Å². The molecule has 38 heavy (non-hydrogen) atoms. The zero-order valence-electron chi connectivity index (χ0n) is 20.1. The second-order valence-corrected chi connectivity index (χ2v) is 8.72. The van der Waals surface area contributed by atoms with Gasteiger partial charge >= 0.3 is 0 Å². The van der Waals surface area contributed by atoms with Crippen molar-refractivity contribution in [2.45, 2.75) is 0 Å². The first kappa shape index (κ1) is 22.9. The lowest BCUT2D eigenvalue weighted by Gasteiger charge is -2.10. The molecule has 2 aromatic heterocycles. The highest BCUT2D eigenvalue weighted by Crippen LogP contribution is 2.35. The normalized spacial score (nSPS) is 10.9. The molecule has 0 spiro atoms. The van der Waals surface area contributed by atoms with Gasteiger partial charge in [-0.1, -0.05) is 42.5 Å².